The van der Waals surface area contributed by atoms with Crippen LogP contribution in [0.4, 0.5) is 0 Å². The minimum Gasteiger partial charge on any atom is -0.486 e. The summed E-state index contributed by atoms with van der Waals surface area (Å²) in [6, 6.07) is 7.67. The Morgan fingerprint density at radius 2 is 2.08 bits per heavy atom. The molecule has 26 heavy (non-hydrogen) atoms. The highest BCUT2D eigenvalue weighted by Gasteiger charge is 2.16. The molecular formula is C18H23ClIN3O3. The SMILES string of the molecule is CCNC(=NCc1ccco1)NCCc1cc(Cl)c2c(c1)OCCO2.I. The molecule has 1 aromatic heterocycles. The number of fused-ring (bicyclic) bond motifs is 1. The Bertz CT molecular complexity index is 723. The van der Waals surface area contributed by atoms with E-state index in [4.69, 9.17) is 25.5 Å². The van der Waals surface area contributed by atoms with Crippen LogP contribution in [0.25, 0.3) is 0 Å². The molecule has 0 radical (unpaired) electrons. The summed E-state index contributed by atoms with van der Waals surface area (Å²) in [6.07, 6.45) is 2.44. The molecule has 0 atom stereocenters. The van der Waals surface area contributed by atoms with Gasteiger partial charge in [0.05, 0.1) is 11.3 Å². The highest BCUT2D eigenvalue weighted by atomic mass is 127. The number of rotatable bonds is 6. The molecule has 1 aliphatic rings. The number of guanidine groups is 1. The Morgan fingerprint density at radius 1 is 1.23 bits per heavy atom. The number of furan rings is 1. The summed E-state index contributed by atoms with van der Waals surface area (Å²) >= 11 is 6.27. The van der Waals surface area contributed by atoms with Crippen molar-refractivity contribution in [1.82, 2.24) is 10.6 Å². The fraction of sp³-hybridized carbons (Fsp3) is 0.389. The summed E-state index contributed by atoms with van der Waals surface area (Å²) in [4.78, 5) is 4.50. The number of hydrogen-bond acceptors (Lipinski definition) is 4. The first-order valence-electron chi connectivity index (χ1n) is 8.39. The molecule has 1 aliphatic heterocycles. The van der Waals surface area contributed by atoms with Gasteiger partial charge in [-0.25, -0.2) is 4.99 Å². The minimum atomic E-state index is 0. The van der Waals surface area contributed by atoms with E-state index in [0.29, 0.717) is 36.3 Å². The normalized spacial score (nSPS) is 13.1. The van der Waals surface area contributed by atoms with Crippen molar-refractivity contribution in [2.24, 2.45) is 4.99 Å². The summed E-state index contributed by atoms with van der Waals surface area (Å²) in [5.41, 5.74) is 1.09. The molecule has 0 aliphatic carbocycles. The van der Waals surface area contributed by atoms with E-state index >= 15 is 0 Å². The zero-order valence-corrected chi connectivity index (χ0v) is 17.7. The van der Waals surface area contributed by atoms with Crippen molar-refractivity contribution in [1.29, 1.82) is 0 Å². The van der Waals surface area contributed by atoms with Gasteiger partial charge in [0.15, 0.2) is 17.5 Å². The molecule has 2 heterocycles. The van der Waals surface area contributed by atoms with Gasteiger partial charge < -0.3 is 24.5 Å². The van der Waals surface area contributed by atoms with Crippen LogP contribution in [-0.2, 0) is 13.0 Å². The molecule has 3 rings (SSSR count). The summed E-state index contributed by atoms with van der Waals surface area (Å²) in [6.45, 7) is 5.13. The summed E-state index contributed by atoms with van der Waals surface area (Å²) < 4.78 is 16.5. The van der Waals surface area contributed by atoms with Gasteiger partial charge in [0.1, 0.15) is 25.5 Å². The zero-order valence-electron chi connectivity index (χ0n) is 14.6. The van der Waals surface area contributed by atoms with Crippen LogP contribution in [0.1, 0.15) is 18.2 Å². The Hall–Kier alpha value is -1.61. The number of benzene rings is 1. The second-order valence-corrected chi connectivity index (χ2v) is 5.96. The molecular weight excluding hydrogens is 469 g/mol. The monoisotopic (exact) mass is 491 g/mol. The van der Waals surface area contributed by atoms with E-state index in [9.17, 15) is 0 Å². The average Bonchev–Trinajstić information content (AvgIpc) is 3.13. The summed E-state index contributed by atoms with van der Waals surface area (Å²) in [5.74, 6) is 2.93. The Morgan fingerprint density at radius 3 is 2.85 bits per heavy atom. The van der Waals surface area contributed by atoms with Crippen molar-refractivity contribution in [2.75, 3.05) is 26.3 Å². The second-order valence-electron chi connectivity index (χ2n) is 5.55. The smallest absolute Gasteiger partial charge is 0.191 e. The molecule has 142 valence electrons. The van der Waals surface area contributed by atoms with E-state index in [2.05, 4.69) is 15.6 Å². The van der Waals surface area contributed by atoms with Crippen LogP contribution in [0.3, 0.4) is 0 Å². The van der Waals surface area contributed by atoms with E-state index in [-0.39, 0.29) is 24.0 Å². The summed E-state index contributed by atoms with van der Waals surface area (Å²) in [5, 5.41) is 7.12. The average molecular weight is 492 g/mol. The fourth-order valence-corrected chi connectivity index (χ4v) is 2.82. The van der Waals surface area contributed by atoms with Gasteiger partial charge >= 0.3 is 0 Å². The highest BCUT2D eigenvalue weighted by molar-refractivity contribution is 14.0. The predicted octanol–water partition coefficient (Wildman–Crippen LogP) is 3.62. The second kappa shape index (κ2) is 10.5. The minimum absolute atomic E-state index is 0. The van der Waals surface area contributed by atoms with Crippen molar-refractivity contribution in [3.8, 4) is 11.5 Å². The molecule has 8 heteroatoms. The molecule has 0 saturated carbocycles. The maximum absolute atomic E-state index is 6.27. The predicted molar refractivity (Wildman–Crippen MR) is 113 cm³/mol. The third-order valence-corrected chi connectivity index (χ3v) is 3.96. The van der Waals surface area contributed by atoms with Gasteiger partial charge in [-0.3, -0.25) is 0 Å². The van der Waals surface area contributed by atoms with Crippen molar-refractivity contribution in [3.63, 3.8) is 0 Å². The maximum Gasteiger partial charge on any atom is 0.191 e. The Kier molecular flexibility index (Phi) is 8.37. The van der Waals surface area contributed by atoms with Gasteiger partial charge in [0.25, 0.3) is 0 Å². The van der Waals surface area contributed by atoms with Gasteiger partial charge in [0.2, 0.25) is 0 Å². The zero-order chi connectivity index (χ0) is 17.5. The first kappa shape index (κ1) is 20.7. The van der Waals surface area contributed by atoms with Crippen LogP contribution >= 0.6 is 35.6 Å². The molecule has 0 bridgehead atoms. The lowest BCUT2D eigenvalue weighted by atomic mass is 10.1. The largest absolute Gasteiger partial charge is 0.486 e. The third kappa shape index (κ3) is 5.70. The third-order valence-electron chi connectivity index (χ3n) is 3.68. The highest BCUT2D eigenvalue weighted by Crippen LogP contribution is 2.38. The first-order chi connectivity index (χ1) is 12.3. The van der Waals surface area contributed by atoms with Crippen LogP contribution in [0, 0.1) is 0 Å². The number of ether oxygens (including phenoxy) is 2. The van der Waals surface area contributed by atoms with E-state index in [0.717, 1.165) is 36.8 Å². The van der Waals surface area contributed by atoms with E-state index in [1.165, 1.54) is 0 Å². The topological polar surface area (TPSA) is 68.0 Å². The summed E-state index contributed by atoms with van der Waals surface area (Å²) in [7, 11) is 0. The number of nitrogens with one attached hydrogen (secondary N) is 2. The van der Waals surface area contributed by atoms with E-state index in [1.54, 1.807) is 6.26 Å². The van der Waals surface area contributed by atoms with Gasteiger partial charge in [-0.1, -0.05) is 11.6 Å². The van der Waals surface area contributed by atoms with Crippen LogP contribution in [0.2, 0.25) is 5.02 Å². The van der Waals surface area contributed by atoms with Crippen LogP contribution in [0.15, 0.2) is 39.9 Å². The Labute approximate surface area is 175 Å². The van der Waals surface area contributed by atoms with Gasteiger partial charge in [0, 0.05) is 13.1 Å². The number of halogens is 2. The van der Waals surface area contributed by atoms with Crippen molar-refractivity contribution >= 4 is 41.5 Å². The quantitative estimate of drug-likeness (QED) is 0.367. The van der Waals surface area contributed by atoms with Gasteiger partial charge in [-0.05, 0) is 43.2 Å². The Balaban J connectivity index is 0.00000243. The molecule has 0 unspecified atom stereocenters. The molecule has 0 fully saturated rings. The molecule has 0 amide bonds. The molecule has 1 aromatic carbocycles. The van der Waals surface area contributed by atoms with Gasteiger partial charge in [-0.2, -0.15) is 0 Å². The maximum atomic E-state index is 6.27. The van der Waals surface area contributed by atoms with Crippen LogP contribution < -0.4 is 20.1 Å². The number of hydrogen-bond donors (Lipinski definition) is 2. The number of nitrogens with zero attached hydrogens (tertiary/aromatic N) is 1. The standard InChI is InChI=1S/C18H22ClN3O3.HI/c1-2-20-18(22-12-14-4-3-7-23-14)21-6-5-13-10-15(19)17-16(11-13)24-8-9-25-17;/h3-4,7,10-11H,2,5-6,8-9,12H2,1H3,(H2,20,21,22);1H. The molecule has 6 nitrogen and oxygen atoms in total. The fourth-order valence-electron chi connectivity index (χ4n) is 2.54. The van der Waals surface area contributed by atoms with Crippen LogP contribution in [0.5, 0.6) is 11.5 Å². The van der Waals surface area contributed by atoms with E-state index in [1.807, 2.05) is 31.2 Å². The van der Waals surface area contributed by atoms with Crippen LogP contribution in [-0.4, -0.2) is 32.3 Å². The van der Waals surface area contributed by atoms with E-state index < -0.39 is 0 Å². The number of aliphatic imine (C=N–C) groups is 1. The molecule has 2 N–H and O–H groups in total. The molecule has 2 aromatic rings. The van der Waals surface area contributed by atoms with Crippen molar-refractivity contribution < 1.29 is 13.9 Å². The lowest BCUT2D eigenvalue weighted by Crippen LogP contribution is -2.38. The van der Waals surface area contributed by atoms with Crippen molar-refractivity contribution in [2.45, 2.75) is 19.9 Å². The lowest BCUT2D eigenvalue weighted by molar-refractivity contribution is 0.171. The molecule has 0 saturated heterocycles. The van der Waals surface area contributed by atoms with Crippen molar-refractivity contribution in [3.05, 3.63) is 46.9 Å². The lowest BCUT2D eigenvalue weighted by Gasteiger charge is -2.20. The van der Waals surface area contributed by atoms with Gasteiger partial charge in [-0.15, -0.1) is 24.0 Å². The molecule has 0 spiro atoms. The first-order valence-corrected chi connectivity index (χ1v) is 8.76.